The average Bonchev–Trinajstić information content (AvgIpc) is 2.28. The van der Waals surface area contributed by atoms with Crippen LogP contribution in [0.1, 0.15) is 32.2 Å². The van der Waals surface area contributed by atoms with E-state index in [0.717, 1.165) is 12.1 Å². The molecule has 1 heterocycles. The van der Waals surface area contributed by atoms with E-state index in [0.29, 0.717) is 0 Å². The van der Waals surface area contributed by atoms with Crippen molar-refractivity contribution in [3.8, 4) is 0 Å². The Morgan fingerprint density at radius 1 is 1.00 bits per heavy atom. The Kier molecular flexibility index (Phi) is 2.59. The van der Waals surface area contributed by atoms with E-state index < -0.39 is 40.9 Å². The van der Waals surface area contributed by atoms with Crippen LogP contribution in [0.15, 0.2) is 18.2 Å². The van der Waals surface area contributed by atoms with Crippen molar-refractivity contribution in [1.82, 2.24) is 0 Å². The van der Waals surface area contributed by atoms with Crippen molar-refractivity contribution in [2.75, 3.05) is 0 Å². The average molecular weight is 250 g/mol. The highest BCUT2D eigenvalue weighted by atomic mass is 16.6. The lowest BCUT2D eigenvalue weighted by Crippen LogP contribution is -2.38. The third kappa shape index (κ3) is 1.71. The Morgan fingerprint density at radius 3 is 2.00 bits per heavy atom. The van der Waals surface area contributed by atoms with Crippen LogP contribution in [0, 0.1) is 0 Å². The first-order valence-corrected chi connectivity index (χ1v) is 4.78. The lowest BCUT2D eigenvalue weighted by atomic mass is 9.92. The highest BCUT2D eigenvalue weighted by Gasteiger charge is 2.43. The van der Waals surface area contributed by atoms with Gasteiger partial charge in [-0.3, -0.25) is 9.59 Å². The molecule has 0 saturated carbocycles. The number of cyclic esters (lactones) is 2. The molecule has 92 valence electrons. The molecule has 0 atom stereocenters. The second kappa shape index (κ2) is 3.95. The second-order valence-corrected chi connectivity index (χ2v) is 3.59. The van der Waals surface area contributed by atoms with Crippen molar-refractivity contribution in [3.05, 3.63) is 34.9 Å². The zero-order valence-electron chi connectivity index (χ0n) is 8.75. The molecule has 0 unspecified atom stereocenters. The smallest absolute Gasteiger partial charge is 0.336 e. The number of carbonyl (C=O) groups is 4. The van der Waals surface area contributed by atoms with Crippen LogP contribution >= 0.6 is 0 Å². The largest absolute Gasteiger partial charge is 0.478 e. The summed E-state index contributed by atoms with van der Waals surface area (Å²) in [6.07, 6.45) is 0. The number of carboxylic acid groups (broad SMARTS) is 2. The van der Waals surface area contributed by atoms with Crippen molar-refractivity contribution in [1.29, 1.82) is 0 Å². The third-order valence-corrected chi connectivity index (χ3v) is 2.51. The molecule has 0 bridgehead atoms. The number of benzene rings is 1. The van der Waals surface area contributed by atoms with Crippen LogP contribution in [-0.4, -0.2) is 34.1 Å². The lowest BCUT2D eigenvalue weighted by Gasteiger charge is -2.22. The van der Waals surface area contributed by atoms with Gasteiger partial charge in [-0.15, -0.1) is 0 Å². The SMILES string of the molecule is O=C(O)c1ccc(C2C(=O)OC2=O)cc1C(=O)O. The maximum atomic E-state index is 11.0. The molecule has 0 spiro atoms. The molecule has 0 amide bonds. The quantitative estimate of drug-likeness (QED) is 0.583. The number of esters is 2. The minimum absolute atomic E-state index is 0.110. The van der Waals surface area contributed by atoms with Gasteiger partial charge >= 0.3 is 23.9 Å². The summed E-state index contributed by atoms with van der Waals surface area (Å²) in [6.45, 7) is 0. The molecule has 2 rings (SSSR count). The van der Waals surface area contributed by atoms with Gasteiger partial charge in [-0.2, -0.15) is 0 Å². The molecule has 0 aromatic heterocycles. The van der Waals surface area contributed by atoms with E-state index in [4.69, 9.17) is 10.2 Å². The summed E-state index contributed by atoms with van der Waals surface area (Å²) in [7, 11) is 0. The predicted molar refractivity (Wildman–Crippen MR) is 54.2 cm³/mol. The zero-order valence-corrected chi connectivity index (χ0v) is 8.75. The first-order chi connectivity index (χ1) is 8.41. The van der Waals surface area contributed by atoms with E-state index >= 15 is 0 Å². The number of rotatable bonds is 3. The van der Waals surface area contributed by atoms with E-state index in [2.05, 4.69) is 4.74 Å². The summed E-state index contributed by atoms with van der Waals surface area (Å²) in [5.41, 5.74) is -0.780. The fraction of sp³-hybridized carbons (Fsp3) is 0.0909. The number of aromatic carboxylic acids is 2. The summed E-state index contributed by atoms with van der Waals surface area (Å²) >= 11 is 0. The second-order valence-electron chi connectivity index (χ2n) is 3.59. The Labute approximate surface area is 99.6 Å². The van der Waals surface area contributed by atoms with Crippen LogP contribution in [0.2, 0.25) is 0 Å². The Hall–Kier alpha value is -2.70. The van der Waals surface area contributed by atoms with E-state index in [-0.39, 0.29) is 5.56 Å². The van der Waals surface area contributed by atoms with E-state index in [1.807, 2.05) is 0 Å². The molecule has 1 aromatic carbocycles. The predicted octanol–water partition coefficient (Wildman–Crippen LogP) is 0.250. The highest BCUT2D eigenvalue weighted by molar-refractivity contribution is 6.14. The topological polar surface area (TPSA) is 118 Å². The molecule has 7 nitrogen and oxygen atoms in total. The summed E-state index contributed by atoms with van der Waals surface area (Å²) < 4.78 is 4.14. The minimum atomic E-state index is -1.45. The molecule has 18 heavy (non-hydrogen) atoms. The number of hydrogen-bond donors (Lipinski definition) is 2. The fourth-order valence-corrected chi connectivity index (χ4v) is 1.63. The molecule has 1 saturated heterocycles. The summed E-state index contributed by atoms with van der Waals surface area (Å²) in [5.74, 6) is -5.57. The van der Waals surface area contributed by atoms with Gasteiger partial charge in [-0.05, 0) is 17.7 Å². The molecule has 2 N–H and O–H groups in total. The van der Waals surface area contributed by atoms with Crippen LogP contribution in [0.3, 0.4) is 0 Å². The van der Waals surface area contributed by atoms with Crippen LogP contribution in [0.4, 0.5) is 0 Å². The maximum Gasteiger partial charge on any atom is 0.336 e. The van der Waals surface area contributed by atoms with Crippen molar-refractivity contribution >= 4 is 23.9 Å². The Bertz CT molecular complexity index is 573. The lowest BCUT2D eigenvalue weighted by molar-refractivity contribution is -0.178. The number of hydrogen-bond acceptors (Lipinski definition) is 5. The molecule has 0 radical (unpaired) electrons. The first-order valence-electron chi connectivity index (χ1n) is 4.78. The van der Waals surface area contributed by atoms with E-state index in [9.17, 15) is 19.2 Å². The standard InChI is InChI=1S/C11H6O7/c12-8(13)5-2-1-4(3-6(5)9(14)15)7-10(16)18-11(7)17/h1-3,7H,(H,12,13)(H,14,15). The van der Waals surface area contributed by atoms with Gasteiger partial charge in [-0.25, -0.2) is 9.59 Å². The monoisotopic (exact) mass is 250 g/mol. The Balaban J connectivity index is 2.50. The van der Waals surface area contributed by atoms with Crippen LogP contribution in [0.25, 0.3) is 0 Å². The van der Waals surface area contributed by atoms with Gasteiger partial charge < -0.3 is 14.9 Å². The molecule has 7 heteroatoms. The van der Waals surface area contributed by atoms with E-state index in [1.165, 1.54) is 6.07 Å². The van der Waals surface area contributed by atoms with Gasteiger partial charge in [0.25, 0.3) is 0 Å². The molecule has 1 aliphatic rings. The van der Waals surface area contributed by atoms with Crippen LogP contribution < -0.4 is 0 Å². The van der Waals surface area contributed by atoms with Gasteiger partial charge in [0.15, 0.2) is 5.92 Å². The summed E-state index contributed by atoms with van der Waals surface area (Å²) in [5, 5.41) is 17.7. The first kappa shape index (κ1) is 11.8. The van der Waals surface area contributed by atoms with Gasteiger partial charge in [0.1, 0.15) is 0 Å². The molecule has 1 aromatic rings. The van der Waals surface area contributed by atoms with Gasteiger partial charge in [0.05, 0.1) is 11.1 Å². The molecule has 0 aliphatic carbocycles. The maximum absolute atomic E-state index is 11.0. The number of carboxylic acids is 2. The van der Waals surface area contributed by atoms with Crippen molar-refractivity contribution in [3.63, 3.8) is 0 Å². The minimum Gasteiger partial charge on any atom is -0.478 e. The zero-order chi connectivity index (χ0) is 13.4. The number of ether oxygens (including phenoxy) is 1. The van der Waals surface area contributed by atoms with Gasteiger partial charge in [-0.1, -0.05) is 6.07 Å². The van der Waals surface area contributed by atoms with E-state index in [1.54, 1.807) is 0 Å². The molecule has 1 aliphatic heterocycles. The molecular formula is C11H6O7. The van der Waals surface area contributed by atoms with Crippen LogP contribution in [0.5, 0.6) is 0 Å². The number of carbonyl (C=O) groups excluding carboxylic acids is 2. The van der Waals surface area contributed by atoms with Gasteiger partial charge in [0.2, 0.25) is 0 Å². The van der Waals surface area contributed by atoms with Crippen molar-refractivity contribution < 1.29 is 34.1 Å². The third-order valence-electron chi connectivity index (χ3n) is 2.51. The molecular weight excluding hydrogens is 244 g/mol. The van der Waals surface area contributed by atoms with Gasteiger partial charge in [0, 0.05) is 0 Å². The fourth-order valence-electron chi connectivity index (χ4n) is 1.63. The van der Waals surface area contributed by atoms with Crippen molar-refractivity contribution in [2.45, 2.75) is 5.92 Å². The highest BCUT2D eigenvalue weighted by Crippen LogP contribution is 2.28. The summed E-state index contributed by atoms with van der Waals surface area (Å²) in [6, 6.07) is 3.26. The normalized spacial score (nSPS) is 14.9. The molecule has 1 fully saturated rings. The van der Waals surface area contributed by atoms with Crippen LogP contribution in [-0.2, 0) is 14.3 Å². The summed E-state index contributed by atoms with van der Waals surface area (Å²) in [4.78, 5) is 43.8. The van der Waals surface area contributed by atoms with Crippen molar-refractivity contribution in [2.24, 2.45) is 0 Å². The Morgan fingerprint density at radius 2 is 1.56 bits per heavy atom.